The molecule has 5 rings (SSSR count). The SMILES string of the molecule is Cc1ccc2c(c1)N(CC(=O)N1C[C@H]3C[C@@H](n4cccn4)[C@H](O)C[C@H]3C1)C(=O)CO2. The molecule has 8 heteroatoms. The van der Waals surface area contributed by atoms with Crippen molar-refractivity contribution in [1.82, 2.24) is 14.7 Å². The minimum Gasteiger partial charge on any atom is -0.482 e. The van der Waals surface area contributed by atoms with Gasteiger partial charge in [-0.25, -0.2) is 0 Å². The van der Waals surface area contributed by atoms with Gasteiger partial charge in [-0.1, -0.05) is 6.07 Å². The highest BCUT2D eigenvalue weighted by Crippen LogP contribution is 2.41. The second kappa shape index (κ2) is 7.43. The Bertz CT molecular complexity index is 960. The van der Waals surface area contributed by atoms with Crippen LogP contribution < -0.4 is 9.64 Å². The number of aromatic nitrogens is 2. The highest BCUT2D eigenvalue weighted by atomic mass is 16.5. The predicted octanol–water partition coefficient (Wildman–Crippen LogP) is 1.39. The Labute approximate surface area is 175 Å². The Morgan fingerprint density at radius 2 is 2.07 bits per heavy atom. The Morgan fingerprint density at radius 1 is 1.27 bits per heavy atom. The number of carbonyl (C=O) groups excluding carboxylic acids is 2. The predicted molar refractivity (Wildman–Crippen MR) is 109 cm³/mol. The number of anilines is 1. The maximum Gasteiger partial charge on any atom is 0.265 e. The molecular weight excluding hydrogens is 384 g/mol. The van der Waals surface area contributed by atoms with Gasteiger partial charge in [-0.3, -0.25) is 19.2 Å². The van der Waals surface area contributed by atoms with Gasteiger partial charge in [-0.05, 0) is 55.4 Å². The topological polar surface area (TPSA) is 87.9 Å². The van der Waals surface area contributed by atoms with Crippen LogP contribution in [0, 0.1) is 18.8 Å². The van der Waals surface area contributed by atoms with E-state index in [2.05, 4.69) is 5.10 Å². The van der Waals surface area contributed by atoms with Crippen LogP contribution >= 0.6 is 0 Å². The van der Waals surface area contributed by atoms with Crippen molar-refractivity contribution in [1.29, 1.82) is 0 Å². The molecular formula is C22H26N4O4. The van der Waals surface area contributed by atoms with Crippen LogP contribution in [0.1, 0.15) is 24.4 Å². The zero-order chi connectivity index (χ0) is 20.8. The van der Waals surface area contributed by atoms with Crippen molar-refractivity contribution in [2.45, 2.75) is 31.9 Å². The third-order valence-electron chi connectivity index (χ3n) is 6.68. The Kier molecular flexibility index (Phi) is 4.73. The van der Waals surface area contributed by atoms with Gasteiger partial charge in [0.15, 0.2) is 6.61 Å². The molecule has 1 saturated heterocycles. The molecule has 30 heavy (non-hydrogen) atoms. The maximum absolute atomic E-state index is 13.1. The van der Waals surface area contributed by atoms with Crippen LogP contribution in [-0.2, 0) is 9.59 Å². The molecule has 2 fully saturated rings. The summed E-state index contributed by atoms with van der Waals surface area (Å²) in [7, 11) is 0. The zero-order valence-corrected chi connectivity index (χ0v) is 17.0. The maximum atomic E-state index is 13.1. The molecule has 1 aliphatic carbocycles. The molecule has 4 atom stereocenters. The van der Waals surface area contributed by atoms with Crippen LogP contribution in [0.25, 0.3) is 0 Å². The summed E-state index contributed by atoms with van der Waals surface area (Å²) in [4.78, 5) is 29.0. The number of likely N-dealkylation sites (tertiary alicyclic amines) is 1. The van der Waals surface area contributed by atoms with Crippen LogP contribution in [-0.4, -0.2) is 63.9 Å². The molecule has 3 aliphatic rings. The van der Waals surface area contributed by atoms with E-state index in [0.29, 0.717) is 36.9 Å². The minimum atomic E-state index is -0.461. The summed E-state index contributed by atoms with van der Waals surface area (Å²) in [6.07, 6.45) is 4.61. The van der Waals surface area contributed by atoms with Crippen molar-refractivity contribution < 1.29 is 19.4 Å². The van der Waals surface area contributed by atoms with E-state index in [1.165, 1.54) is 4.90 Å². The van der Waals surface area contributed by atoms with E-state index in [0.717, 1.165) is 12.0 Å². The Hall–Kier alpha value is -2.87. The van der Waals surface area contributed by atoms with Gasteiger partial charge in [0, 0.05) is 25.5 Å². The minimum absolute atomic E-state index is 0.0171. The lowest BCUT2D eigenvalue weighted by atomic mass is 9.77. The van der Waals surface area contributed by atoms with E-state index in [1.807, 2.05) is 47.0 Å². The van der Waals surface area contributed by atoms with Crippen LogP contribution in [0.3, 0.4) is 0 Å². The normalized spacial score (nSPS) is 28.1. The van der Waals surface area contributed by atoms with Crippen molar-refractivity contribution in [3.8, 4) is 5.75 Å². The highest BCUT2D eigenvalue weighted by molar-refractivity contribution is 6.02. The molecule has 1 aromatic heterocycles. The van der Waals surface area contributed by atoms with E-state index in [9.17, 15) is 14.7 Å². The molecule has 3 heterocycles. The molecule has 0 bridgehead atoms. The number of hydrogen-bond donors (Lipinski definition) is 1. The van der Waals surface area contributed by atoms with Gasteiger partial charge in [0.2, 0.25) is 5.91 Å². The number of nitrogens with zero attached hydrogens (tertiary/aromatic N) is 4. The summed E-state index contributed by atoms with van der Waals surface area (Å²) < 4.78 is 7.34. The second-order valence-corrected chi connectivity index (χ2v) is 8.65. The fourth-order valence-corrected chi connectivity index (χ4v) is 5.09. The van der Waals surface area contributed by atoms with Crippen LogP contribution in [0.15, 0.2) is 36.7 Å². The number of hydrogen-bond acceptors (Lipinski definition) is 5. The number of rotatable bonds is 3. The summed E-state index contributed by atoms with van der Waals surface area (Å²) in [6, 6.07) is 7.47. The third-order valence-corrected chi connectivity index (χ3v) is 6.68. The first-order valence-electron chi connectivity index (χ1n) is 10.5. The number of ether oxygens (including phenoxy) is 1. The number of aryl methyl sites for hydroxylation is 1. The first-order chi connectivity index (χ1) is 14.5. The lowest BCUT2D eigenvalue weighted by Gasteiger charge is -2.35. The second-order valence-electron chi connectivity index (χ2n) is 8.65. The van der Waals surface area contributed by atoms with Crippen LogP contribution in [0.2, 0.25) is 0 Å². The standard InChI is InChI=1S/C22H26N4O4/c1-14-3-4-20-18(7-14)25(22(29)13-30-20)12-21(28)24-10-15-8-17(26-6-2-5-23-26)19(27)9-16(15)11-24/h2-7,15-17,19,27H,8-13H2,1H3/t15-,16+,17-,19-/m1/s1. The van der Waals surface area contributed by atoms with Crippen molar-refractivity contribution in [2.24, 2.45) is 11.8 Å². The summed E-state index contributed by atoms with van der Waals surface area (Å²) in [5.74, 6) is 0.991. The number of aliphatic hydroxyl groups is 1. The average molecular weight is 410 g/mol. The van der Waals surface area contributed by atoms with Crippen molar-refractivity contribution >= 4 is 17.5 Å². The smallest absolute Gasteiger partial charge is 0.265 e. The Morgan fingerprint density at radius 3 is 2.83 bits per heavy atom. The molecule has 0 unspecified atom stereocenters. The van der Waals surface area contributed by atoms with Crippen molar-refractivity contribution in [3.05, 3.63) is 42.2 Å². The summed E-state index contributed by atoms with van der Waals surface area (Å²) in [5.41, 5.74) is 1.67. The highest BCUT2D eigenvalue weighted by Gasteiger charge is 2.44. The van der Waals surface area contributed by atoms with E-state index in [-0.39, 0.29) is 36.9 Å². The molecule has 1 N–H and O–H groups in total. The van der Waals surface area contributed by atoms with Crippen LogP contribution in [0.4, 0.5) is 5.69 Å². The van der Waals surface area contributed by atoms with Crippen LogP contribution in [0.5, 0.6) is 5.75 Å². The molecule has 2 aliphatic heterocycles. The summed E-state index contributed by atoms with van der Waals surface area (Å²) in [6.45, 7) is 3.21. The fourth-order valence-electron chi connectivity index (χ4n) is 5.09. The Balaban J connectivity index is 1.28. The van der Waals surface area contributed by atoms with Gasteiger partial charge in [-0.2, -0.15) is 5.10 Å². The summed E-state index contributed by atoms with van der Waals surface area (Å²) in [5, 5.41) is 14.9. The number of aliphatic hydroxyl groups excluding tert-OH is 1. The quantitative estimate of drug-likeness (QED) is 0.826. The van der Waals surface area contributed by atoms with E-state index in [4.69, 9.17) is 4.74 Å². The third kappa shape index (κ3) is 3.35. The number of fused-ring (bicyclic) bond motifs is 2. The van der Waals surface area contributed by atoms with Gasteiger partial charge in [-0.15, -0.1) is 0 Å². The zero-order valence-electron chi connectivity index (χ0n) is 17.0. The molecule has 158 valence electrons. The molecule has 2 aromatic rings. The van der Waals surface area contributed by atoms with E-state index in [1.54, 1.807) is 6.20 Å². The largest absolute Gasteiger partial charge is 0.482 e. The van der Waals surface area contributed by atoms with Gasteiger partial charge in [0.25, 0.3) is 5.91 Å². The first-order valence-corrected chi connectivity index (χ1v) is 10.5. The van der Waals surface area contributed by atoms with E-state index < -0.39 is 6.10 Å². The first kappa shape index (κ1) is 19.1. The lowest BCUT2D eigenvalue weighted by Crippen LogP contribution is -2.46. The lowest BCUT2D eigenvalue weighted by molar-refractivity contribution is -0.131. The molecule has 0 radical (unpaired) electrons. The van der Waals surface area contributed by atoms with Crippen molar-refractivity contribution in [3.63, 3.8) is 0 Å². The number of benzene rings is 1. The molecule has 2 amide bonds. The molecule has 0 spiro atoms. The van der Waals surface area contributed by atoms with Crippen molar-refractivity contribution in [2.75, 3.05) is 31.1 Å². The van der Waals surface area contributed by atoms with E-state index >= 15 is 0 Å². The monoisotopic (exact) mass is 410 g/mol. The number of carbonyl (C=O) groups is 2. The molecule has 8 nitrogen and oxygen atoms in total. The van der Waals surface area contributed by atoms with Gasteiger partial charge in [0.05, 0.1) is 17.8 Å². The number of amides is 2. The van der Waals surface area contributed by atoms with Gasteiger partial charge >= 0.3 is 0 Å². The van der Waals surface area contributed by atoms with Gasteiger partial charge in [0.1, 0.15) is 12.3 Å². The average Bonchev–Trinajstić information content (AvgIpc) is 3.39. The fraction of sp³-hybridized carbons (Fsp3) is 0.500. The molecule has 1 aromatic carbocycles. The molecule has 1 saturated carbocycles. The van der Waals surface area contributed by atoms with Gasteiger partial charge < -0.3 is 14.7 Å². The summed E-state index contributed by atoms with van der Waals surface area (Å²) >= 11 is 0.